The normalized spacial score (nSPS) is 14.1. The second kappa shape index (κ2) is 8.53. The highest BCUT2D eigenvalue weighted by Crippen LogP contribution is 2.33. The van der Waals surface area contributed by atoms with Gasteiger partial charge in [-0.15, -0.1) is 0 Å². The maximum atomic E-state index is 12.9. The molecule has 0 saturated carbocycles. The topological polar surface area (TPSA) is 90.3 Å². The third-order valence-corrected chi connectivity index (χ3v) is 5.10. The molecule has 2 aromatic rings. The van der Waals surface area contributed by atoms with E-state index in [1.807, 2.05) is 13.8 Å². The number of hydrogen-bond donors (Lipinski definition) is 2. The lowest BCUT2D eigenvalue weighted by atomic mass is 9.98. The van der Waals surface area contributed by atoms with Crippen molar-refractivity contribution in [1.29, 1.82) is 0 Å². The van der Waals surface area contributed by atoms with Gasteiger partial charge in [-0.1, -0.05) is 13.8 Å². The Morgan fingerprint density at radius 1 is 1.03 bits per heavy atom. The second-order valence-corrected chi connectivity index (χ2v) is 7.40. The predicted octanol–water partition coefficient (Wildman–Crippen LogP) is 2.97. The van der Waals surface area contributed by atoms with Crippen LogP contribution in [0.15, 0.2) is 36.4 Å². The van der Waals surface area contributed by atoms with Crippen LogP contribution in [-0.2, 0) is 4.74 Å². The lowest BCUT2D eigenvalue weighted by Crippen LogP contribution is -2.40. The fourth-order valence-electron chi connectivity index (χ4n) is 3.30. The van der Waals surface area contributed by atoms with Crippen LogP contribution in [0.1, 0.15) is 46.0 Å². The maximum absolute atomic E-state index is 12.9. The molecule has 0 bridgehead atoms. The summed E-state index contributed by atoms with van der Waals surface area (Å²) in [7, 11) is 1.60. The number of phenolic OH excluding ortho intramolecular Hbond substituents is 2. The standard InChI is InChI=1S/C22H26N2O5/c1-14(2)17-12-18(20(26)13-19(17)25)22(28)23(3)16-6-4-15(5-7-16)21(27)24-8-10-29-11-9-24/h4-7,12-14,25-26H,8-11H2,1-3H3. The number of amides is 2. The molecule has 0 radical (unpaired) electrons. The van der Waals surface area contributed by atoms with Crippen LogP contribution < -0.4 is 4.90 Å². The number of morpholine rings is 1. The van der Waals surface area contributed by atoms with Crippen LogP contribution in [0.2, 0.25) is 0 Å². The highest BCUT2D eigenvalue weighted by molar-refractivity contribution is 6.08. The maximum Gasteiger partial charge on any atom is 0.261 e. The summed E-state index contributed by atoms with van der Waals surface area (Å²) < 4.78 is 5.27. The molecule has 7 nitrogen and oxygen atoms in total. The molecule has 0 aliphatic carbocycles. The zero-order valence-electron chi connectivity index (χ0n) is 16.9. The van der Waals surface area contributed by atoms with E-state index in [1.165, 1.54) is 17.0 Å². The van der Waals surface area contributed by atoms with Crippen LogP contribution in [0.5, 0.6) is 11.5 Å². The van der Waals surface area contributed by atoms with Crippen molar-refractivity contribution in [2.45, 2.75) is 19.8 Å². The summed E-state index contributed by atoms with van der Waals surface area (Å²) in [5.74, 6) is -0.785. The smallest absolute Gasteiger partial charge is 0.261 e. The molecule has 1 aliphatic heterocycles. The number of rotatable bonds is 4. The molecule has 2 amide bonds. The molecule has 1 heterocycles. The summed E-state index contributed by atoms with van der Waals surface area (Å²) in [4.78, 5) is 28.6. The summed E-state index contributed by atoms with van der Waals surface area (Å²) in [5, 5.41) is 20.1. The van der Waals surface area contributed by atoms with E-state index >= 15 is 0 Å². The Hall–Kier alpha value is -3.06. The number of carbonyl (C=O) groups is 2. The minimum absolute atomic E-state index is 0.00191. The van der Waals surface area contributed by atoms with Crippen LogP contribution in [0, 0.1) is 0 Å². The Labute approximate surface area is 170 Å². The van der Waals surface area contributed by atoms with Crippen molar-refractivity contribution in [2.75, 3.05) is 38.3 Å². The van der Waals surface area contributed by atoms with E-state index in [-0.39, 0.29) is 28.9 Å². The number of benzene rings is 2. The van der Waals surface area contributed by atoms with Crippen molar-refractivity contribution in [3.8, 4) is 11.5 Å². The number of aromatic hydroxyl groups is 2. The fourth-order valence-corrected chi connectivity index (χ4v) is 3.30. The highest BCUT2D eigenvalue weighted by atomic mass is 16.5. The Balaban J connectivity index is 1.80. The van der Waals surface area contributed by atoms with Crippen molar-refractivity contribution >= 4 is 17.5 Å². The number of carbonyl (C=O) groups excluding carboxylic acids is 2. The average Bonchev–Trinajstić information content (AvgIpc) is 2.72. The number of anilines is 1. The van der Waals surface area contributed by atoms with Gasteiger partial charge in [0.15, 0.2) is 0 Å². The second-order valence-electron chi connectivity index (χ2n) is 7.40. The molecule has 154 valence electrons. The molecule has 0 aromatic heterocycles. The van der Waals surface area contributed by atoms with Crippen molar-refractivity contribution in [2.24, 2.45) is 0 Å². The third kappa shape index (κ3) is 4.35. The van der Waals surface area contributed by atoms with Crippen LogP contribution in [0.3, 0.4) is 0 Å². The summed E-state index contributed by atoms with van der Waals surface area (Å²) in [6.07, 6.45) is 0. The lowest BCUT2D eigenvalue weighted by molar-refractivity contribution is 0.0303. The van der Waals surface area contributed by atoms with Crippen LogP contribution in [0.4, 0.5) is 5.69 Å². The SMILES string of the molecule is CC(C)c1cc(C(=O)N(C)c2ccc(C(=O)N3CCOCC3)cc2)c(O)cc1O. The molecule has 7 heteroatoms. The number of hydrogen-bond acceptors (Lipinski definition) is 5. The van der Waals surface area contributed by atoms with Crippen LogP contribution in [-0.4, -0.2) is 60.3 Å². The van der Waals surface area contributed by atoms with Crippen LogP contribution >= 0.6 is 0 Å². The first-order chi connectivity index (χ1) is 13.8. The van der Waals surface area contributed by atoms with Crippen molar-refractivity contribution in [1.82, 2.24) is 4.90 Å². The molecule has 2 aromatic carbocycles. The molecule has 1 saturated heterocycles. The zero-order chi connectivity index (χ0) is 21.1. The monoisotopic (exact) mass is 398 g/mol. The molecular formula is C22H26N2O5. The van der Waals surface area contributed by atoms with E-state index in [4.69, 9.17) is 4.74 Å². The van der Waals surface area contributed by atoms with Crippen molar-refractivity contribution in [3.63, 3.8) is 0 Å². The first-order valence-electron chi connectivity index (χ1n) is 9.60. The number of nitrogens with zero attached hydrogens (tertiary/aromatic N) is 2. The molecule has 1 aliphatic rings. The molecule has 1 fully saturated rings. The summed E-state index contributed by atoms with van der Waals surface area (Å²) in [6, 6.07) is 9.49. The van der Waals surface area contributed by atoms with Gasteiger partial charge in [0.05, 0.1) is 18.8 Å². The minimum Gasteiger partial charge on any atom is -0.508 e. The Bertz CT molecular complexity index is 902. The zero-order valence-corrected chi connectivity index (χ0v) is 16.9. The fraction of sp³-hybridized carbons (Fsp3) is 0.364. The molecular weight excluding hydrogens is 372 g/mol. The van der Waals surface area contributed by atoms with E-state index < -0.39 is 5.91 Å². The number of phenols is 2. The van der Waals surface area contributed by atoms with E-state index in [0.29, 0.717) is 43.1 Å². The lowest BCUT2D eigenvalue weighted by Gasteiger charge is -2.27. The minimum atomic E-state index is -0.406. The van der Waals surface area contributed by atoms with Gasteiger partial charge >= 0.3 is 0 Å². The van der Waals surface area contributed by atoms with E-state index in [1.54, 1.807) is 36.2 Å². The van der Waals surface area contributed by atoms with Crippen molar-refractivity contribution < 1.29 is 24.5 Å². The highest BCUT2D eigenvalue weighted by Gasteiger charge is 2.22. The Morgan fingerprint density at radius 3 is 2.24 bits per heavy atom. The first kappa shape index (κ1) is 20.7. The van der Waals surface area contributed by atoms with Gasteiger partial charge in [-0.25, -0.2) is 0 Å². The van der Waals surface area contributed by atoms with E-state index in [2.05, 4.69) is 0 Å². The molecule has 3 rings (SSSR count). The summed E-state index contributed by atoms with van der Waals surface area (Å²) in [6.45, 7) is 6.00. The molecule has 0 atom stereocenters. The Kier molecular flexibility index (Phi) is 6.08. The predicted molar refractivity (Wildman–Crippen MR) is 110 cm³/mol. The average molecular weight is 398 g/mol. The van der Waals surface area contributed by atoms with Gasteiger partial charge in [0.1, 0.15) is 11.5 Å². The first-order valence-corrected chi connectivity index (χ1v) is 9.60. The van der Waals surface area contributed by atoms with Gasteiger partial charge in [-0.05, 0) is 41.8 Å². The molecule has 29 heavy (non-hydrogen) atoms. The summed E-state index contributed by atoms with van der Waals surface area (Å²) in [5.41, 5.74) is 1.84. The molecule has 0 spiro atoms. The Morgan fingerprint density at radius 2 is 1.66 bits per heavy atom. The quantitative estimate of drug-likeness (QED) is 0.826. The van der Waals surface area contributed by atoms with E-state index in [9.17, 15) is 19.8 Å². The largest absolute Gasteiger partial charge is 0.508 e. The van der Waals surface area contributed by atoms with Gasteiger partial charge in [0.2, 0.25) is 0 Å². The molecule has 2 N–H and O–H groups in total. The van der Waals surface area contributed by atoms with Gasteiger partial charge < -0.3 is 24.7 Å². The summed E-state index contributed by atoms with van der Waals surface area (Å²) >= 11 is 0. The van der Waals surface area contributed by atoms with Gasteiger partial charge in [-0.3, -0.25) is 9.59 Å². The van der Waals surface area contributed by atoms with Crippen molar-refractivity contribution in [3.05, 3.63) is 53.1 Å². The third-order valence-electron chi connectivity index (χ3n) is 5.10. The van der Waals surface area contributed by atoms with E-state index in [0.717, 1.165) is 0 Å². The number of ether oxygens (including phenoxy) is 1. The van der Waals surface area contributed by atoms with Gasteiger partial charge in [0.25, 0.3) is 11.8 Å². The van der Waals surface area contributed by atoms with Gasteiger partial charge in [0, 0.05) is 37.5 Å². The van der Waals surface area contributed by atoms with Crippen LogP contribution in [0.25, 0.3) is 0 Å². The molecule has 0 unspecified atom stereocenters. The van der Waals surface area contributed by atoms with Gasteiger partial charge in [-0.2, -0.15) is 0 Å².